The summed E-state index contributed by atoms with van der Waals surface area (Å²) < 4.78 is 0. The second kappa shape index (κ2) is 9.71. The molecular weight excluding hydrogens is 503 g/mol. The van der Waals surface area contributed by atoms with Crippen LogP contribution in [0.1, 0.15) is 0 Å². The maximum absolute atomic E-state index is 12.4. The zero-order chi connectivity index (χ0) is 19.8. The van der Waals surface area contributed by atoms with Gasteiger partial charge in [0.2, 0.25) is 11.6 Å². The molecule has 0 atom stereocenters. The Morgan fingerprint density at radius 1 is 0.677 bits per heavy atom. The van der Waals surface area contributed by atoms with Gasteiger partial charge >= 0.3 is 0 Å². The van der Waals surface area contributed by atoms with E-state index in [0.717, 1.165) is 50.7 Å². The molecule has 0 unspecified atom stereocenters. The zero-order valence-corrected chi connectivity index (χ0v) is 19.3. The molecule has 1 aliphatic carbocycles. The van der Waals surface area contributed by atoms with Crippen molar-refractivity contribution in [1.82, 2.24) is 24.7 Å². The number of Topliss-reactive ketones (excluding diaryl/α,β-unsaturated/α-hetero) is 1. The Morgan fingerprint density at radius 3 is 1.58 bits per heavy atom. The Morgan fingerprint density at radius 2 is 1.16 bits per heavy atom. The predicted octanol–water partition coefficient (Wildman–Crippen LogP) is 1.74. The van der Waals surface area contributed by atoms with E-state index in [0.29, 0.717) is 17.1 Å². The van der Waals surface area contributed by atoms with Gasteiger partial charge in [0.1, 0.15) is 11.4 Å². The Kier molecular flexibility index (Phi) is 7.24. The molecule has 7 nitrogen and oxygen atoms in total. The summed E-state index contributed by atoms with van der Waals surface area (Å²) in [5, 5.41) is 0. The van der Waals surface area contributed by atoms with Crippen molar-refractivity contribution in [3.8, 4) is 11.4 Å². The van der Waals surface area contributed by atoms with Crippen LogP contribution in [0.4, 0.5) is 0 Å². The molecule has 31 heavy (non-hydrogen) atoms. The quantitative estimate of drug-likeness (QED) is 0.343. The van der Waals surface area contributed by atoms with E-state index in [4.69, 9.17) is 0 Å². The number of pyridine rings is 2. The molecule has 3 fully saturated rings. The molecule has 6 rings (SSSR count). The van der Waals surface area contributed by atoms with Crippen LogP contribution in [0.2, 0.25) is 0 Å². The number of ketones is 2. The van der Waals surface area contributed by atoms with E-state index >= 15 is 0 Å². The first-order chi connectivity index (χ1) is 14.2. The normalized spacial score (nSPS) is 18.3. The molecule has 0 radical (unpaired) electrons. The zero-order valence-electron chi connectivity index (χ0n) is 16.8. The SMILES string of the molecule is Cl.O=C1C=C(N2CC2)C(=O)C(N2CC2)=C1N1CC1.[Ru].c1ccc(-c2ccccn2)nc1. The van der Waals surface area contributed by atoms with Gasteiger partial charge in [-0.05, 0) is 24.3 Å². The summed E-state index contributed by atoms with van der Waals surface area (Å²) in [6, 6.07) is 11.6. The molecule has 0 saturated carbocycles. The molecule has 4 aliphatic rings. The van der Waals surface area contributed by atoms with Gasteiger partial charge in [-0.15, -0.1) is 12.4 Å². The van der Waals surface area contributed by atoms with Crippen LogP contribution >= 0.6 is 12.4 Å². The summed E-state index contributed by atoms with van der Waals surface area (Å²) in [7, 11) is 0. The number of hydrogen-bond acceptors (Lipinski definition) is 7. The van der Waals surface area contributed by atoms with Gasteiger partial charge in [-0.3, -0.25) is 19.6 Å². The van der Waals surface area contributed by atoms with E-state index in [1.165, 1.54) is 6.08 Å². The fourth-order valence-electron chi connectivity index (χ4n) is 3.30. The van der Waals surface area contributed by atoms with E-state index in [1.807, 2.05) is 51.1 Å². The van der Waals surface area contributed by atoms with Crippen LogP contribution < -0.4 is 0 Å². The Hall–Kier alpha value is -2.57. The Labute approximate surface area is 200 Å². The van der Waals surface area contributed by atoms with Crippen molar-refractivity contribution in [2.24, 2.45) is 0 Å². The molecule has 2 aromatic rings. The van der Waals surface area contributed by atoms with Gasteiger partial charge in [-0.25, -0.2) is 0 Å². The van der Waals surface area contributed by atoms with Crippen LogP contribution in [-0.4, -0.2) is 75.5 Å². The molecule has 0 aromatic carbocycles. The first kappa shape index (κ1) is 23.1. The summed E-state index contributed by atoms with van der Waals surface area (Å²) in [4.78, 5) is 38.8. The minimum atomic E-state index is 0. The van der Waals surface area contributed by atoms with Gasteiger partial charge in [0.05, 0.1) is 17.1 Å². The standard InChI is InChI=1S/C12H13N3O2.C10H8N2.ClH.Ru/c16-9-7-8(13-1-2-13)12(17)11(15-5-6-15)10(9)14-3-4-14;1-3-7-11-9(5-1)10-6-2-4-8-12-10;;/h7H,1-6H2;1-8H;1H;. The average Bonchev–Trinajstić information content (AvgIpc) is 3.60. The third-order valence-corrected chi connectivity index (χ3v) is 5.08. The smallest absolute Gasteiger partial charge is 0.227 e. The van der Waals surface area contributed by atoms with Gasteiger partial charge < -0.3 is 14.7 Å². The topological polar surface area (TPSA) is 68.9 Å². The maximum Gasteiger partial charge on any atom is 0.227 e. The number of halogens is 1. The summed E-state index contributed by atoms with van der Waals surface area (Å²) in [5.41, 5.74) is 3.72. The van der Waals surface area contributed by atoms with Gasteiger partial charge in [0.15, 0.2) is 0 Å². The molecule has 2 aromatic heterocycles. The fourth-order valence-corrected chi connectivity index (χ4v) is 3.30. The fraction of sp³-hybridized carbons (Fsp3) is 0.273. The number of rotatable bonds is 4. The molecule has 3 aliphatic heterocycles. The first-order valence-corrected chi connectivity index (χ1v) is 9.84. The molecule has 162 valence electrons. The summed E-state index contributed by atoms with van der Waals surface area (Å²) in [6.07, 6.45) is 5.06. The Bertz CT molecular complexity index is 979. The summed E-state index contributed by atoms with van der Waals surface area (Å²) >= 11 is 0. The molecule has 0 bridgehead atoms. The molecule has 0 amide bonds. The maximum atomic E-state index is 12.4. The van der Waals surface area contributed by atoms with Gasteiger partial charge in [-0.2, -0.15) is 0 Å². The summed E-state index contributed by atoms with van der Waals surface area (Å²) in [6.45, 7) is 5.41. The number of carbonyl (C=O) groups is 2. The Balaban J connectivity index is 0.000000174. The second-order valence-electron chi connectivity index (χ2n) is 7.31. The van der Waals surface area contributed by atoms with Gasteiger partial charge in [-0.1, -0.05) is 12.1 Å². The van der Waals surface area contributed by atoms with Crippen LogP contribution in [0.25, 0.3) is 11.4 Å². The van der Waals surface area contributed by atoms with Gasteiger partial charge in [0, 0.05) is 77.2 Å². The third kappa shape index (κ3) is 5.20. The van der Waals surface area contributed by atoms with Crippen LogP contribution in [-0.2, 0) is 29.1 Å². The molecule has 3 saturated heterocycles. The largest absolute Gasteiger partial charge is 0.365 e. The molecule has 5 heterocycles. The van der Waals surface area contributed by atoms with Crippen LogP contribution in [0.5, 0.6) is 0 Å². The van der Waals surface area contributed by atoms with Crippen molar-refractivity contribution >= 4 is 24.0 Å². The van der Waals surface area contributed by atoms with Crippen LogP contribution in [0, 0.1) is 0 Å². The molecular formula is C22H22ClN5O2Ru. The summed E-state index contributed by atoms with van der Waals surface area (Å²) in [5.74, 6) is 0.0485. The van der Waals surface area contributed by atoms with Crippen molar-refractivity contribution in [3.63, 3.8) is 0 Å². The molecule has 9 heteroatoms. The first-order valence-electron chi connectivity index (χ1n) is 9.84. The molecule has 0 spiro atoms. The van der Waals surface area contributed by atoms with E-state index in [2.05, 4.69) is 9.97 Å². The number of nitrogens with zero attached hydrogens (tertiary/aromatic N) is 5. The van der Waals surface area contributed by atoms with Crippen LogP contribution in [0.3, 0.4) is 0 Å². The van der Waals surface area contributed by atoms with Crippen LogP contribution in [0.15, 0.2) is 72.0 Å². The monoisotopic (exact) mass is 525 g/mol. The minimum Gasteiger partial charge on any atom is -0.365 e. The number of allylic oxidation sites excluding steroid dienone is 1. The van der Waals surface area contributed by atoms with Crippen molar-refractivity contribution < 1.29 is 29.1 Å². The van der Waals surface area contributed by atoms with E-state index < -0.39 is 0 Å². The van der Waals surface area contributed by atoms with Crippen molar-refractivity contribution in [2.45, 2.75) is 0 Å². The average molecular weight is 525 g/mol. The molecule has 0 N–H and O–H groups in total. The minimum absolute atomic E-state index is 0. The number of aromatic nitrogens is 2. The van der Waals surface area contributed by atoms with Crippen molar-refractivity contribution in [1.29, 1.82) is 0 Å². The predicted molar refractivity (Wildman–Crippen MR) is 115 cm³/mol. The number of hydrogen-bond donors (Lipinski definition) is 0. The number of carbonyl (C=O) groups excluding carboxylic acids is 2. The van der Waals surface area contributed by atoms with E-state index in [9.17, 15) is 9.59 Å². The van der Waals surface area contributed by atoms with Crippen molar-refractivity contribution in [2.75, 3.05) is 39.3 Å². The second-order valence-corrected chi connectivity index (χ2v) is 7.31. The van der Waals surface area contributed by atoms with E-state index in [-0.39, 0.29) is 43.5 Å². The van der Waals surface area contributed by atoms with E-state index in [1.54, 1.807) is 12.4 Å². The van der Waals surface area contributed by atoms with Gasteiger partial charge in [0.25, 0.3) is 0 Å². The van der Waals surface area contributed by atoms with Crippen molar-refractivity contribution in [3.05, 3.63) is 72.0 Å². The third-order valence-electron chi connectivity index (χ3n) is 5.08.